The summed E-state index contributed by atoms with van der Waals surface area (Å²) in [5, 5.41) is 3.10. The van der Waals surface area contributed by atoms with Gasteiger partial charge >= 0.3 is 0 Å². The molecule has 0 saturated carbocycles. The molecule has 0 saturated heterocycles. The molecule has 0 atom stereocenters. The number of aryl methyl sites for hydroxylation is 1. The van der Waals surface area contributed by atoms with E-state index in [2.05, 4.69) is 5.10 Å². The molecule has 1 aromatic heterocycles. The monoisotopic (exact) mass is 250 g/mol. The average molecular weight is 250 g/mol. The molecule has 1 N–H and O–H groups in total. The Labute approximate surface area is 102 Å². The number of nitrogens with one attached hydrogen (secondary N) is 1. The molecule has 1 aliphatic rings. The van der Waals surface area contributed by atoms with Crippen molar-refractivity contribution in [3.8, 4) is 5.69 Å². The summed E-state index contributed by atoms with van der Waals surface area (Å²) in [4.78, 5) is 12.1. The van der Waals surface area contributed by atoms with Crippen LogP contribution in [-0.4, -0.2) is 9.78 Å². The van der Waals surface area contributed by atoms with Crippen LogP contribution in [0.2, 0.25) is 0 Å². The minimum absolute atomic E-state index is 0.0142. The number of H-pyrrole nitrogens is 1. The minimum atomic E-state index is -0.283. The van der Waals surface area contributed by atoms with E-state index in [0.29, 0.717) is 0 Å². The molecule has 0 amide bonds. The topological polar surface area (TPSA) is 37.8 Å². The number of halogens is 1. The summed E-state index contributed by atoms with van der Waals surface area (Å²) >= 11 is 1.73. The standard InChI is InChI=1S/C12H11FN2OS/c1-7-4-8(13)2-3-11(7)15-12(16)9-5-17-6-10(9)14-15/h2-4,14H,5-6H2,1H3. The van der Waals surface area contributed by atoms with Gasteiger partial charge in [-0.25, -0.2) is 9.07 Å². The molecule has 3 rings (SSSR count). The second-order valence-electron chi connectivity index (χ2n) is 4.13. The smallest absolute Gasteiger partial charge is 0.275 e. The lowest BCUT2D eigenvalue weighted by atomic mass is 10.2. The van der Waals surface area contributed by atoms with E-state index in [0.717, 1.165) is 34.0 Å². The molecular formula is C12H11FN2OS. The highest BCUT2D eigenvalue weighted by atomic mass is 32.2. The summed E-state index contributed by atoms with van der Waals surface area (Å²) in [6.07, 6.45) is 0. The van der Waals surface area contributed by atoms with Gasteiger partial charge in [-0.3, -0.25) is 9.89 Å². The molecule has 0 unspecified atom stereocenters. The highest BCUT2D eigenvalue weighted by Gasteiger charge is 2.20. The number of fused-ring (bicyclic) bond motifs is 1. The maximum Gasteiger partial charge on any atom is 0.275 e. The zero-order valence-electron chi connectivity index (χ0n) is 9.29. The Morgan fingerprint density at radius 3 is 2.94 bits per heavy atom. The van der Waals surface area contributed by atoms with E-state index in [9.17, 15) is 9.18 Å². The van der Waals surface area contributed by atoms with E-state index in [-0.39, 0.29) is 11.4 Å². The number of rotatable bonds is 1. The summed E-state index contributed by atoms with van der Waals surface area (Å²) in [6.45, 7) is 1.80. The van der Waals surface area contributed by atoms with Crippen molar-refractivity contribution in [1.82, 2.24) is 9.78 Å². The Bertz CT molecular complexity index is 644. The first kappa shape index (κ1) is 10.7. The number of hydrogen-bond donors (Lipinski definition) is 1. The predicted octanol–water partition coefficient (Wildman–Crippen LogP) is 2.36. The van der Waals surface area contributed by atoms with Crippen molar-refractivity contribution in [3.63, 3.8) is 0 Å². The van der Waals surface area contributed by atoms with Crippen molar-refractivity contribution in [3.05, 3.63) is 51.2 Å². The van der Waals surface area contributed by atoms with Crippen LogP contribution in [0.25, 0.3) is 5.69 Å². The second kappa shape index (κ2) is 3.77. The van der Waals surface area contributed by atoms with Gasteiger partial charge in [0.15, 0.2) is 0 Å². The number of hydrogen-bond acceptors (Lipinski definition) is 2. The van der Waals surface area contributed by atoms with Crippen molar-refractivity contribution in [2.24, 2.45) is 0 Å². The van der Waals surface area contributed by atoms with Gasteiger partial charge in [0.05, 0.1) is 16.9 Å². The van der Waals surface area contributed by atoms with Crippen LogP contribution in [0.1, 0.15) is 16.8 Å². The minimum Gasteiger partial charge on any atom is -0.294 e. The number of aromatic amines is 1. The first-order chi connectivity index (χ1) is 8.16. The summed E-state index contributed by atoms with van der Waals surface area (Å²) in [7, 11) is 0. The summed E-state index contributed by atoms with van der Waals surface area (Å²) in [6, 6.07) is 4.43. The summed E-state index contributed by atoms with van der Waals surface area (Å²) < 4.78 is 14.5. The third-order valence-corrected chi connectivity index (χ3v) is 3.95. The molecule has 3 nitrogen and oxygen atoms in total. The highest BCUT2D eigenvalue weighted by Crippen LogP contribution is 2.26. The molecule has 2 aromatic rings. The van der Waals surface area contributed by atoms with Crippen molar-refractivity contribution < 1.29 is 4.39 Å². The molecular weight excluding hydrogens is 239 g/mol. The molecule has 0 fully saturated rings. The number of nitrogens with zero attached hydrogens (tertiary/aromatic N) is 1. The maximum absolute atomic E-state index is 13.0. The quantitative estimate of drug-likeness (QED) is 0.843. The van der Waals surface area contributed by atoms with E-state index in [1.165, 1.54) is 16.8 Å². The third kappa shape index (κ3) is 1.61. The molecule has 0 spiro atoms. The van der Waals surface area contributed by atoms with Gasteiger partial charge in [0, 0.05) is 11.5 Å². The van der Waals surface area contributed by atoms with Gasteiger partial charge in [0.2, 0.25) is 0 Å². The van der Waals surface area contributed by atoms with Crippen LogP contribution >= 0.6 is 11.8 Å². The molecule has 0 aliphatic carbocycles. The fraction of sp³-hybridized carbons (Fsp3) is 0.250. The molecule has 17 heavy (non-hydrogen) atoms. The van der Waals surface area contributed by atoms with Crippen molar-refractivity contribution >= 4 is 11.8 Å². The lowest BCUT2D eigenvalue weighted by molar-refractivity contribution is 0.625. The van der Waals surface area contributed by atoms with E-state index in [1.807, 2.05) is 0 Å². The maximum atomic E-state index is 13.0. The second-order valence-corrected chi connectivity index (χ2v) is 5.12. The molecule has 0 bridgehead atoms. The van der Waals surface area contributed by atoms with Crippen molar-refractivity contribution in [2.75, 3.05) is 0 Å². The first-order valence-corrected chi connectivity index (χ1v) is 6.49. The van der Waals surface area contributed by atoms with E-state index >= 15 is 0 Å². The van der Waals surface area contributed by atoms with Gasteiger partial charge in [0.1, 0.15) is 5.82 Å². The molecule has 88 valence electrons. The lowest BCUT2D eigenvalue weighted by Gasteiger charge is -2.06. The van der Waals surface area contributed by atoms with Gasteiger partial charge in [-0.2, -0.15) is 11.8 Å². The van der Waals surface area contributed by atoms with Crippen LogP contribution in [0.5, 0.6) is 0 Å². The Balaban J connectivity index is 2.19. The first-order valence-electron chi connectivity index (χ1n) is 5.34. The van der Waals surface area contributed by atoms with Gasteiger partial charge < -0.3 is 0 Å². The van der Waals surface area contributed by atoms with Crippen LogP contribution in [0, 0.1) is 12.7 Å². The largest absolute Gasteiger partial charge is 0.294 e. The number of aromatic nitrogens is 2. The van der Waals surface area contributed by atoms with Crippen LogP contribution in [-0.2, 0) is 11.5 Å². The fourth-order valence-corrected chi connectivity index (χ4v) is 3.13. The zero-order chi connectivity index (χ0) is 12.0. The molecule has 5 heteroatoms. The van der Waals surface area contributed by atoms with Gasteiger partial charge in [0.25, 0.3) is 5.56 Å². The Hall–Kier alpha value is -1.49. The van der Waals surface area contributed by atoms with E-state index in [4.69, 9.17) is 0 Å². The van der Waals surface area contributed by atoms with Crippen LogP contribution in [0.4, 0.5) is 4.39 Å². The number of benzene rings is 1. The van der Waals surface area contributed by atoms with Crippen LogP contribution < -0.4 is 5.56 Å². The SMILES string of the molecule is Cc1cc(F)ccc1-n1[nH]c2c(c1=O)CSC2. The molecule has 0 radical (unpaired) electrons. The fourth-order valence-electron chi connectivity index (χ4n) is 2.08. The van der Waals surface area contributed by atoms with Gasteiger partial charge in [-0.1, -0.05) is 0 Å². The zero-order valence-corrected chi connectivity index (χ0v) is 10.1. The summed E-state index contributed by atoms with van der Waals surface area (Å²) in [5.41, 5.74) is 3.29. The van der Waals surface area contributed by atoms with Crippen molar-refractivity contribution in [2.45, 2.75) is 18.4 Å². The third-order valence-electron chi connectivity index (χ3n) is 2.96. The van der Waals surface area contributed by atoms with Crippen LogP contribution in [0.15, 0.2) is 23.0 Å². The lowest BCUT2D eigenvalue weighted by Crippen LogP contribution is -2.17. The Morgan fingerprint density at radius 1 is 1.41 bits per heavy atom. The average Bonchev–Trinajstić information content (AvgIpc) is 2.83. The van der Waals surface area contributed by atoms with Crippen LogP contribution in [0.3, 0.4) is 0 Å². The van der Waals surface area contributed by atoms with Gasteiger partial charge in [-0.15, -0.1) is 0 Å². The Morgan fingerprint density at radius 2 is 2.24 bits per heavy atom. The molecule has 2 heterocycles. The van der Waals surface area contributed by atoms with Crippen molar-refractivity contribution in [1.29, 1.82) is 0 Å². The van der Waals surface area contributed by atoms with E-state index < -0.39 is 0 Å². The molecule has 1 aliphatic heterocycles. The Kier molecular flexibility index (Phi) is 2.36. The normalized spacial score (nSPS) is 14.0. The van der Waals surface area contributed by atoms with Gasteiger partial charge in [-0.05, 0) is 30.7 Å². The van der Waals surface area contributed by atoms with E-state index in [1.54, 1.807) is 24.8 Å². The highest BCUT2D eigenvalue weighted by molar-refractivity contribution is 7.98. The number of thioether (sulfide) groups is 1. The molecule has 1 aromatic carbocycles. The summed E-state index contributed by atoms with van der Waals surface area (Å²) in [5.74, 6) is 1.32. The predicted molar refractivity (Wildman–Crippen MR) is 66.1 cm³/mol.